The average Bonchev–Trinajstić information content (AvgIpc) is 2.06. The molecule has 1 aromatic carbocycles. The number of rotatable bonds is 3. The molecule has 1 rings (SSSR count). The van der Waals surface area contributed by atoms with E-state index in [9.17, 15) is 13.2 Å². The van der Waals surface area contributed by atoms with Crippen LogP contribution in [-0.4, -0.2) is 40.4 Å². The average molecular weight is 240 g/mol. The molecule has 0 aliphatic carbocycles. The fourth-order valence-electron chi connectivity index (χ4n) is 1.21. The number of carbonyl (C=O) groups excluding carboxylic acids is 1. The van der Waals surface area contributed by atoms with Crippen molar-refractivity contribution in [3.05, 3.63) is 18.2 Å². The standard InChI is InChI=1S/C8H10B2O5S/c9-5-1-2-7(6(10)3-5)15-8(11)4-16(12,13)14/h1-3H,4,9-10H2,(H,12,13,14). The Bertz CT molecular complexity index is 511. The number of esters is 1. The second-order valence-electron chi connectivity index (χ2n) is 3.47. The topological polar surface area (TPSA) is 80.7 Å². The summed E-state index contributed by atoms with van der Waals surface area (Å²) < 4.78 is 34.1. The molecule has 16 heavy (non-hydrogen) atoms. The van der Waals surface area contributed by atoms with Gasteiger partial charge < -0.3 is 4.74 Å². The number of benzene rings is 1. The molecule has 0 aliphatic heterocycles. The van der Waals surface area contributed by atoms with Gasteiger partial charge in [-0.05, 0) is 11.5 Å². The summed E-state index contributed by atoms with van der Waals surface area (Å²) in [6.07, 6.45) is 0. The van der Waals surface area contributed by atoms with Crippen molar-refractivity contribution in [3.8, 4) is 5.75 Å². The lowest BCUT2D eigenvalue weighted by Crippen LogP contribution is -2.24. The van der Waals surface area contributed by atoms with Crippen molar-refractivity contribution in [2.75, 3.05) is 5.75 Å². The molecule has 0 saturated carbocycles. The summed E-state index contributed by atoms with van der Waals surface area (Å²) in [5, 5.41) is 0. The lowest BCUT2D eigenvalue weighted by Gasteiger charge is -2.07. The quantitative estimate of drug-likeness (QED) is 0.263. The molecule has 0 atom stereocenters. The Balaban J connectivity index is 2.78. The Hall–Kier alpha value is -1.27. The number of hydrogen-bond acceptors (Lipinski definition) is 4. The molecule has 0 unspecified atom stereocenters. The molecule has 8 heteroatoms. The van der Waals surface area contributed by atoms with Gasteiger partial charge >= 0.3 is 5.97 Å². The Morgan fingerprint density at radius 3 is 2.50 bits per heavy atom. The third-order valence-corrected chi connectivity index (χ3v) is 2.45. The second-order valence-corrected chi connectivity index (χ2v) is 4.92. The van der Waals surface area contributed by atoms with Gasteiger partial charge in [0.1, 0.15) is 21.4 Å². The molecule has 84 valence electrons. The smallest absolute Gasteiger partial charge is 0.329 e. The zero-order valence-electron chi connectivity index (χ0n) is 8.93. The highest BCUT2D eigenvalue weighted by Gasteiger charge is 2.15. The molecular weight excluding hydrogens is 230 g/mol. The van der Waals surface area contributed by atoms with Crippen molar-refractivity contribution >= 4 is 42.7 Å². The molecular formula is C8H10B2O5S. The highest BCUT2D eigenvalue weighted by atomic mass is 32.2. The van der Waals surface area contributed by atoms with Crippen molar-refractivity contribution < 1.29 is 22.5 Å². The largest absolute Gasteiger partial charge is 0.426 e. The van der Waals surface area contributed by atoms with Gasteiger partial charge in [-0.15, -0.1) is 0 Å². The summed E-state index contributed by atoms with van der Waals surface area (Å²) in [4.78, 5) is 11.1. The lowest BCUT2D eigenvalue weighted by molar-refractivity contribution is -0.131. The predicted molar refractivity (Wildman–Crippen MR) is 64.8 cm³/mol. The van der Waals surface area contributed by atoms with Crippen LogP contribution in [0.5, 0.6) is 5.75 Å². The summed E-state index contributed by atoms with van der Waals surface area (Å²) in [5.74, 6) is -1.76. The molecule has 0 radical (unpaired) electrons. The van der Waals surface area contributed by atoms with Crippen LogP contribution in [0.3, 0.4) is 0 Å². The third kappa shape index (κ3) is 4.08. The van der Waals surface area contributed by atoms with Crippen molar-refractivity contribution in [1.82, 2.24) is 0 Å². The molecule has 0 aromatic heterocycles. The van der Waals surface area contributed by atoms with Crippen molar-refractivity contribution in [3.63, 3.8) is 0 Å². The third-order valence-electron chi connectivity index (χ3n) is 1.85. The van der Waals surface area contributed by atoms with Gasteiger partial charge in [0.25, 0.3) is 10.1 Å². The fourth-order valence-corrected chi connectivity index (χ4v) is 1.57. The van der Waals surface area contributed by atoms with Crippen LogP contribution in [0, 0.1) is 0 Å². The Morgan fingerprint density at radius 1 is 1.38 bits per heavy atom. The van der Waals surface area contributed by atoms with E-state index in [1.165, 1.54) is 0 Å². The normalized spacial score (nSPS) is 11.1. The number of ether oxygens (including phenoxy) is 1. The first kappa shape index (κ1) is 12.8. The fraction of sp³-hybridized carbons (Fsp3) is 0.125. The van der Waals surface area contributed by atoms with E-state index in [0.717, 1.165) is 10.9 Å². The predicted octanol–water partition coefficient (Wildman–Crippen LogP) is -3.00. The summed E-state index contributed by atoms with van der Waals surface area (Å²) >= 11 is 0. The first-order chi connectivity index (χ1) is 7.28. The molecule has 5 nitrogen and oxygen atoms in total. The SMILES string of the molecule is Bc1ccc(OC(=O)CS(=O)(=O)O)c(B)c1. The molecule has 0 bridgehead atoms. The maximum atomic E-state index is 11.1. The maximum absolute atomic E-state index is 11.1. The van der Waals surface area contributed by atoms with Gasteiger partial charge in [0.15, 0.2) is 5.75 Å². The second kappa shape index (κ2) is 4.71. The van der Waals surface area contributed by atoms with Gasteiger partial charge in [0.2, 0.25) is 0 Å². The van der Waals surface area contributed by atoms with Crippen LogP contribution in [0.1, 0.15) is 0 Å². The zero-order chi connectivity index (χ0) is 12.3. The number of hydrogen-bond donors (Lipinski definition) is 1. The van der Waals surface area contributed by atoms with E-state index in [1.807, 2.05) is 7.85 Å². The van der Waals surface area contributed by atoms with Crippen LogP contribution in [0.2, 0.25) is 0 Å². The summed E-state index contributed by atoms with van der Waals surface area (Å²) in [6, 6.07) is 5.12. The van der Waals surface area contributed by atoms with Crippen molar-refractivity contribution in [2.24, 2.45) is 0 Å². The molecule has 0 amide bonds. The van der Waals surface area contributed by atoms with Crippen LogP contribution in [0.15, 0.2) is 18.2 Å². The van der Waals surface area contributed by atoms with Gasteiger partial charge in [0, 0.05) is 0 Å². The van der Waals surface area contributed by atoms with Gasteiger partial charge in [-0.1, -0.05) is 17.6 Å². The first-order valence-electron chi connectivity index (χ1n) is 4.51. The summed E-state index contributed by atoms with van der Waals surface area (Å²) in [5.41, 5.74) is 1.73. The van der Waals surface area contributed by atoms with Crippen molar-refractivity contribution in [1.29, 1.82) is 0 Å². The van der Waals surface area contributed by atoms with E-state index < -0.39 is 21.8 Å². The number of carbonyl (C=O) groups is 1. The summed E-state index contributed by atoms with van der Waals surface area (Å²) in [7, 11) is -0.714. The minimum absolute atomic E-state index is 0.291. The van der Waals surface area contributed by atoms with E-state index in [4.69, 9.17) is 9.29 Å². The van der Waals surface area contributed by atoms with Crippen LogP contribution in [-0.2, 0) is 14.9 Å². The van der Waals surface area contributed by atoms with Crippen molar-refractivity contribution in [2.45, 2.75) is 0 Å². The Labute approximate surface area is 95.4 Å². The van der Waals surface area contributed by atoms with Gasteiger partial charge in [-0.25, -0.2) is 0 Å². The van der Waals surface area contributed by atoms with E-state index in [0.29, 0.717) is 5.75 Å². The molecule has 1 N–H and O–H groups in total. The van der Waals surface area contributed by atoms with Gasteiger partial charge in [-0.3, -0.25) is 9.35 Å². The maximum Gasteiger partial charge on any atom is 0.329 e. The van der Waals surface area contributed by atoms with Crippen LogP contribution in [0.4, 0.5) is 0 Å². The minimum Gasteiger partial charge on any atom is -0.426 e. The van der Waals surface area contributed by atoms with Crippen LogP contribution < -0.4 is 15.7 Å². The van der Waals surface area contributed by atoms with E-state index in [1.54, 1.807) is 26.0 Å². The highest BCUT2D eigenvalue weighted by molar-refractivity contribution is 7.86. The molecule has 0 spiro atoms. The summed E-state index contributed by atoms with van der Waals surface area (Å²) in [6.45, 7) is 0. The minimum atomic E-state index is -4.34. The Morgan fingerprint density at radius 2 is 2.00 bits per heavy atom. The van der Waals surface area contributed by atoms with Gasteiger partial charge in [0.05, 0.1) is 0 Å². The van der Waals surface area contributed by atoms with Crippen LogP contribution >= 0.6 is 0 Å². The first-order valence-corrected chi connectivity index (χ1v) is 6.12. The Kier molecular flexibility index (Phi) is 3.77. The van der Waals surface area contributed by atoms with E-state index >= 15 is 0 Å². The van der Waals surface area contributed by atoms with E-state index in [-0.39, 0.29) is 0 Å². The molecule has 1 aromatic rings. The monoisotopic (exact) mass is 240 g/mol. The molecule has 0 heterocycles. The van der Waals surface area contributed by atoms with E-state index in [2.05, 4.69) is 0 Å². The van der Waals surface area contributed by atoms with Gasteiger partial charge in [-0.2, -0.15) is 8.42 Å². The highest BCUT2D eigenvalue weighted by Crippen LogP contribution is 2.04. The zero-order valence-corrected chi connectivity index (χ0v) is 9.74. The molecule has 0 aliphatic rings. The molecule has 0 saturated heterocycles. The van der Waals surface area contributed by atoms with Crippen LogP contribution in [0.25, 0.3) is 0 Å². The lowest BCUT2D eigenvalue weighted by atomic mass is 9.87. The molecule has 0 fully saturated rings.